The van der Waals surface area contributed by atoms with Gasteiger partial charge in [0.1, 0.15) is 6.29 Å². The Morgan fingerprint density at radius 3 is 2.42 bits per heavy atom. The van der Waals surface area contributed by atoms with Crippen LogP contribution in [0, 0.1) is 5.82 Å². The largest absolute Gasteiger partial charge is 0.493 e. The van der Waals surface area contributed by atoms with E-state index in [1.54, 1.807) is 19.1 Å². The van der Waals surface area contributed by atoms with Crippen molar-refractivity contribution in [1.29, 1.82) is 0 Å². The molecule has 0 bridgehead atoms. The molecule has 0 amide bonds. The van der Waals surface area contributed by atoms with Crippen LogP contribution < -0.4 is 4.74 Å². The number of halogens is 1. The average molecular weight is 258 g/mol. The van der Waals surface area contributed by atoms with Crippen LogP contribution in [0.15, 0.2) is 42.5 Å². The molecule has 3 heteroatoms. The number of benzene rings is 2. The number of hydrogen-bond donors (Lipinski definition) is 0. The molecule has 0 aliphatic rings. The van der Waals surface area contributed by atoms with Gasteiger partial charge in [0, 0.05) is 17.0 Å². The Balaban J connectivity index is 2.59. The minimum absolute atomic E-state index is 0.178. The Morgan fingerprint density at radius 2 is 1.84 bits per heavy atom. The van der Waals surface area contributed by atoms with Gasteiger partial charge in [-0.05, 0) is 5.56 Å². The van der Waals surface area contributed by atoms with Crippen molar-refractivity contribution in [3.05, 3.63) is 53.8 Å². The second kappa shape index (κ2) is 5.65. The minimum atomic E-state index is -0.487. The molecule has 0 aliphatic carbocycles. The van der Waals surface area contributed by atoms with Crippen LogP contribution in [0.5, 0.6) is 5.75 Å². The summed E-state index contributed by atoms with van der Waals surface area (Å²) in [6.45, 7) is 1.66. The molecular weight excluding hydrogens is 243 g/mol. The van der Waals surface area contributed by atoms with Crippen molar-refractivity contribution in [1.82, 2.24) is 0 Å². The Kier molecular flexibility index (Phi) is 3.95. The van der Waals surface area contributed by atoms with E-state index in [4.69, 9.17) is 4.74 Å². The van der Waals surface area contributed by atoms with Crippen molar-refractivity contribution in [2.24, 2.45) is 0 Å². The van der Waals surface area contributed by atoms with Crippen LogP contribution in [-0.2, 0) is 4.79 Å². The minimum Gasteiger partial charge on any atom is -0.493 e. The van der Waals surface area contributed by atoms with Crippen LogP contribution >= 0.6 is 0 Å². The number of hydrogen-bond acceptors (Lipinski definition) is 2. The lowest BCUT2D eigenvalue weighted by molar-refractivity contribution is -0.108. The van der Waals surface area contributed by atoms with Crippen LogP contribution in [0.1, 0.15) is 18.4 Å². The van der Waals surface area contributed by atoms with Gasteiger partial charge in [0.25, 0.3) is 0 Å². The molecule has 1 unspecified atom stereocenters. The van der Waals surface area contributed by atoms with Crippen LogP contribution in [-0.4, -0.2) is 13.4 Å². The zero-order valence-corrected chi connectivity index (χ0v) is 10.9. The third kappa shape index (κ3) is 2.50. The fourth-order valence-corrected chi connectivity index (χ4v) is 2.04. The lowest BCUT2D eigenvalue weighted by atomic mass is 9.96. The van der Waals surface area contributed by atoms with E-state index < -0.39 is 11.7 Å². The Morgan fingerprint density at radius 1 is 1.16 bits per heavy atom. The molecular formula is C16H15FO2. The summed E-state index contributed by atoms with van der Waals surface area (Å²) in [5.74, 6) is -0.778. The van der Waals surface area contributed by atoms with E-state index in [-0.39, 0.29) is 5.75 Å². The number of ether oxygens (including phenoxy) is 1. The van der Waals surface area contributed by atoms with Gasteiger partial charge >= 0.3 is 0 Å². The summed E-state index contributed by atoms with van der Waals surface area (Å²) >= 11 is 0. The summed E-state index contributed by atoms with van der Waals surface area (Å²) in [7, 11) is 1.43. The number of methoxy groups -OCH3 is 1. The van der Waals surface area contributed by atoms with Crippen molar-refractivity contribution < 1.29 is 13.9 Å². The predicted octanol–water partition coefficient (Wildman–Crippen LogP) is 3.80. The van der Waals surface area contributed by atoms with Gasteiger partial charge in [-0.2, -0.15) is 0 Å². The van der Waals surface area contributed by atoms with Crippen molar-refractivity contribution in [3.8, 4) is 16.9 Å². The highest BCUT2D eigenvalue weighted by molar-refractivity contribution is 5.73. The fourth-order valence-electron chi connectivity index (χ4n) is 2.04. The zero-order valence-electron chi connectivity index (χ0n) is 10.9. The van der Waals surface area contributed by atoms with Crippen molar-refractivity contribution in [2.45, 2.75) is 12.8 Å². The normalized spacial score (nSPS) is 11.9. The first-order chi connectivity index (χ1) is 9.19. The van der Waals surface area contributed by atoms with Crippen molar-refractivity contribution in [2.75, 3.05) is 7.11 Å². The Bertz CT molecular complexity index is 579. The number of aldehydes is 1. The fraction of sp³-hybridized carbons (Fsp3) is 0.188. The average Bonchev–Trinajstić information content (AvgIpc) is 2.47. The molecule has 1 atom stereocenters. The molecule has 2 aromatic carbocycles. The Labute approximate surface area is 111 Å². The van der Waals surface area contributed by atoms with Gasteiger partial charge in [0.15, 0.2) is 11.6 Å². The highest BCUT2D eigenvalue weighted by Crippen LogP contribution is 2.35. The second-order valence-electron chi connectivity index (χ2n) is 4.34. The van der Waals surface area contributed by atoms with Gasteiger partial charge in [-0.1, -0.05) is 49.4 Å². The van der Waals surface area contributed by atoms with Gasteiger partial charge in [-0.25, -0.2) is 4.39 Å². The number of rotatable bonds is 4. The van der Waals surface area contributed by atoms with E-state index in [9.17, 15) is 9.18 Å². The number of carbonyl (C=O) groups excluding carboxylic acids is 1. The third-order valence-electron chi connectivity index (χ3n) is 3.11. The van der Waals surface area contributed by atoms with E-state index in [2.05, 4.69) is 0 Å². The maximum atomic E-state index is 14.4. The van der Waals surface area contributed by atoms with Crippen LogP contribution in [0.25, 0.3) is 11.1 Å². The first-order valence-electron chi connectivity index (χ1n) is 6.06. The molecule has 0 N–H and O–H groups in total. The quantitative estimate of drug-likeness (QED) is 0.780. The third-order valence-corrected chi connectivity index (χ3v) is 3.11. The molecule has 19 heavy (non-hydrogen) atoms. The molecule has 0 saturated carbocycles. The molecule has 0 fully saturated rings. The molecule has 98 valence electrons. The molecule has 0 radical (unpaired) electrons. The summed E-state index contributed by atoms with van der Waals surface area (Å²) in [6, 6.07) is 12.9. The maximum Gasteiger partial charge on any atom is 0.169 e. The monoisotopic (exact) mass is 258 g/mol. The van der Waals surface area contributed by atoms with Crippen LogP contribution in [0.4, 0.5) is 4.39 Å². The molecule has 0 spiro atoms. The molecule has 2 rings (SSSR count). The maximum absolute atomic E-state index is 14.4. The van der Waals surface area contributed by atoms with Gasteiger partial charge < -0.3 is 9.53 Å². The molecule has 2 nitrogen and oxygen atoms in total. The van der Waals surface area contributed by atoms with Gasteiger partial charge in [-0.15, -0.1) is 0 Å². The summed E-state index contributed by atoms with van der Waals surface area (Å²) in [6.07, 6.45) is 0.722. The zero-order chi connectivity index (χ0) is 13.8. The molecule has 0 heterocycles. The SMILES string of the molecule is COc1c(-c2ccccc2)ccc(C(C)C=O)c1F. The molecule has 0 saturated heterocycles. The standard InChI is InChI=1S/C16H15FO2/c1-11(10-18)13-8-9-14(16(19-2)15(13)17)12-6-4-3-5-7-12/h3-11H,1-2H3. The smallest absolute Gasteiger partial charge is 0.169 e. The van der Waals surface area contributed by atoms with E-state index in [1.807, 2.05) is 30.3 Å². The lowest BCUT2D eigenvalue weighted by Gasteiger charge is -2.14. The first-order valence-corrected chi connectivity index (χ1v) is 6.06. The second-order valence-corrected chi connectivity index (χ2v) is 4.34. The summed E-state index contributed by atoms with van der Waals surface area (Å²) in [4.78, 5) is 10.8. The highest BCUT2D eigenvalue weighted by atomic mass is 19.1. The molecule has 0 aliphatic heterocycles. The highest BCUT2D eigenvalue weighted by Gasteiger charge is 2.18. The van der Waals surface area contributed by atoms with E-state index >= 15 is 0 Å². The molecule has 2 aromatic rings. The van der Waals surface area contributed by atoms with Crippen molar-refractivity contribution >= 4 is 6.29 Å². The van der Waals surface area contributed by atoms with E-state index in [0.29, 0.717) is 11.1 Å². The summed E-state index contributed by atoms with van der Waals surface area (Å²) in [5, 5.41) is 0. The van der Waals surface area contributed by atoms with E-state index in [1.165, 1.54) is 7.11 Å². The number of carbonyl (C=O) groups is 1. The van der Waals surface area contributed by atoms with Gasteiger partial charge in [0.2, 0.25) is 0 Å². The Hall–Kier alpha value is -2.16. The van der Waals surface area contributed by atoms with Gasteiger partial charge in [-0.3, -0.25) is 0 Å². The van der Waals surface area contributed by atoms with Crippen LogP contribution in [0.2, 0.25) is 0 Å². The van der Waals surface area contributed by atoms with Crippen molar-refractivity contribution in [3.63, 3.8) is 0 Å². The van der Waals surface area contributed by atoms with Gasteiger partial charge in [0.05, 0.1) is 7.11 Å². The topological polar surface area (TPSA) is 26.3 Å². The summed E-state index contributed by atoms with van der Waals surface area (Å²) < 4.78 is 19.5. The molecule has 0 aromatic heterocycles. The first kappa shape index (κ1) is 13.3. The summed E-state index contributed by atoms with van der Waals surface area (Å²) in [5.41, 5.74) is 1.91. The lowest BCUT2D eigenvalue weighted by Crippen LogP contribution is -2.02. The predicted molar refractivity (Wildman–Crippen MR) is 72.9 cm³/mol. The van der Waals surface area contributed by atoms with Crippen LogP contribution in [0.3, 0.4) is 0 Å². The van der Waals surface area contributed by atoms with E-state index in [0.717, 1.165) is 11.8 Å².